The minimum absolute atomic E-state index is 0.262. The molecule has 1 aliphatic rings. The van der Waals surface area contributed by atoms with Crippen molar-refractivity contribution in [2.24, 2.45) is 0 Å². The Kier molecular flexibility index (Phi) is 7.63. The topological polar surface area (TPSA) is 66.8 Å². The lowest BCUT2D eigenvalue weighted by Gasteiger charge is -2.33. The number of ether oxygens (including phenoxy) is 1. The summed E-state index contributed by atoms with van der Waals surface area (Å²) in [6.45, 7) is 1.59. The van der Waals surface area contributed by atoms with E-state index in [1.165, 1.54) is 17.6 Å². The fourth-order valence-corrected chi connectivity index (χ4v) is 4.48. The maximum atomic E-state index is 12.3. The molecule has 7 heteroatoms. The Morgan fingerprint density at radius 1 is 1.10 bits per heavy atom. The minimum atomic E-state index is -0.879. The Morgan fingerprint density at radius 3 is 2.43 bits per heavy atom. The molecule has 1 aromatic heterocycles. The van der Waals surface area contributed by atoms with Gasteiger partial charge < -0.3 is 9.84 Å². The molecule has 30 heavy (non-hydrogen) atoms. The molecule has 0 saturated heterocycles. The minimum Gasteiger partial charge on any atom is -0.478 e. The molecule has 0 spiro atoms. The van der Waals surface area contributed by atoms with Crippen molar-refractivity contribution >= 4 is 34.9 Å². The third-order valence-corrected chi connectivity index (χ3v) is 6.21. The molecule has 5 nitrogen and oxygen atoms in total. The number of carbonyl (C=O) groups is 2. The van der Waals surface area contributed by atoms with Gasteiger partial charge in [-0.25, -0.2) is 9.59 Å². The molecule has 3 aromatic rings. The largest absolute Gasteiger partial charge is 0.478 e. The van der Waals surface area contributed by atoms with Gasteiger partial charge in [-0.3, -0.25) is 4.90 Å². The lowest BCUT2D eigenvalue weighted by molar-refractivity contribution is -0.147. The maximum absolute atomic E-state index is 12.3. The summed E-state index contributed by atoms with van der Waals surface area (Å²) in [6, 6.07) is 17.5. The molecule has 2 aromatic carbocycles. The van der Waals surface area contributed by atoms with Crippen LogP contribution in [0.3, 0.4) is 0 Å². The summed E-state index contributed by atoms with van der Waals surface area (Å²) < 4.78 is 5.01. The van der Waals surface area contributed by atoms with E-state index >= 15 is 0 Å². The number of hydrogen-bond donors (Lipinski definition) is 1. The number of esters is 1. The summed E-state index contributed by atoms with van der Waals surface area (Å²) in [4.78, 5) is 26.0. The van der Waals surface area contributed by atoms with Gasteiger partial charge in [-0.15, -0.1) is 11.3 Å². The van der Waals surface area contributed by atoms with Crippen LogP contribution in [-0.2, 0) is 22.5 Å². The van der Waals surface area contributed by atoms with Crippen molar-refractivity contribution in [3.8, 4) is 0 Å². The summed E-state index contributed by atoms with van der Waals surface area (Å²) in [7, 11) is 1.42. The Hall–Kier alpha value is -2.67. The second-order valence-electron chi connectivity index (χ2n) is 6.71. The van der Waals surface area contributed by atoms with Crippen LogP contribution in [0.4, 0.5) is 0 Å². The number of carboxylic acids is 1. The van der Waals surface area contributed by atoms with Crippen molar-refractivity contribution in [2.45, 2.75) is 19.0 Å². The summed E-state index contributed by atoms with van der Waals surface area (Å²) in [5.74, 6) is -1.14. The van der Waals surface area contributed by atoms with Gasteiger partial charge >= 0.3 is 11.9 Å². The van der Waals surface area contributed by atoms with Crippen molar-refractivity contribution < 1.29 is 19.4 Å². The van der Waals surface area contributed by atoms with Crippen LogP contribution in [0.15, 0.2) is 66.0 Å². The highest BCUT2D eigenvalue weighted by Crippen LogP contribution is 2.33. The van der Waals surface area contributed by atoms with Crippen molar-refractivity contribution in [1.82, 2.24) is 4.90 Å². The van der Waals surface area contributed by atoms with Crippen LogP contribution in [0.2, 0.25) is 5.02 Å². The Labute approximate surface area is 184 Å². The van der Waals surface area contributed by atoms with Gasteiger partial charge in [0.25, 0.3) is 0 Å². The molecule has 1 aliphatic heterocycles. The van der Waals surface area contributed by atoms with E-state index in [1.54, 1.807) is 41.7 Å². The van der Waals surface area contributed by atoms with Gasteiger partial charge in [0.1, 0.15) is 6.04 Å². The third kappa shape index (κ3) is 5.27. The maximum Gasteiger partial charge on any atom is 0.335 e. The van der Waals surface area contributed by atoms with E-state index in [0.29, 0.717) is 10.6 Å². The van der Waals surface area contributed by atoms with Gasteiger partial charge in [-0.05, 0) is 47.2 Å². The van der Waals surface area contributed by atoms with Gasteiger partial charge in [0.05, 0.1) is 12.7 Å². The average molecular weight is 444 g/mol. The van der Waals surface area contributed by atoms with Crippen molar-refractivity contribution in [1.29, 1.82) is 0 Å². The molecule has 0 aliphatic carbocycles. The van der Waals surface area contributed by atoms with Gasteiger partial charge in [0.15, 0.2) is 0 Å². The molecule has 1 unspecified atom stereocenters. The number of methoxy groups -OCH3 is 1. The molecule has 0 fully saturated rings. The number of hydrogen-bond acceptors (Lipinski definition) is 5. The molecule has 4 rings (SSSR count). The lowest BCUT2D eigenvalue weighted by Crippen LogP contribution is -2.38. The number of carbonyl (C=O) groups excluding carboxylic acids is 1. The third-order valence-electron chi connectivity index (χ3n) is 4.85. The molecule has 2 heterocycles. The number of fused-ring (bicyclic) bond motifs is 1. The zero-order valence-electron chi connectivity index (χ0n) is 16.5. The molecule has 0 radical (unpaired) electrons. The zero-order chi connectivity index (χ0) is 21.5. The monoisotopic (exact) mass is 443 g/mol. The highest BCUT2D eigenvalue weighted by Gasteiger charge is 2.32. The summed E-state index contributed by atoms with van der Waals surface area (Å²) in [6.07, 6.45) is 0.963. The Morgan fingerprint density at radius 2 is 1.80 bits per heavy atom. The molecule has 1 N–H and O–H groups in total. The molecule has 0 bridgehead atoms. The Bertz CT molecular complexity index is 1010. The van der Waals surface area contributed by atoms with E-state index in [1.807, 2.05) is 24.3 Å². The first-order chi connectivity index (χ1) is 14.5. The SMILES string of the molecule is COC(=O)C(c1ccccc1Cl)N1CCc2sccc2C1.O=C(O)c1ccccc1. The predicted octanol–water partition coefficient (Wildman–Crippen LogP) is 5.06. The summed E-state index contributed by atoms with van der Waals surface area (Å²) in [5.41, 5.74) is 2.44. The zero-order valence-corrected chi connectivity index (χ0v) is 18.0. The van der Waals surface area contributed by atoms with Crippen molar-refractivity contribution in [2.75, 3.05) is 13.7 Å². The normalized spacial score (nSPS) is 14.1. The summed E-state index contributed by atoms with van der Waals surface area (Å²) >= 11 is 8.07. The second kappa shape index (κ2) is 10.4. The van der Waals surface area contributed by atoms with E-state index < -0.39 is 12.0 Å². The molecule has 0 saturated carbocycles. The van der Waals surface area contributed by atoms with Crippen molar-refractivity contribution in [3.63, 3.8) is 0 Å². The molecule has 1 atom stereocenters. The van der Waals surface area contributed by atoms with E-state index in [9.17, 15) is 9.59 Å². The first kappa shape index (κ1) is 22.0. The number of rotatable bonds is 4. The first-order valence-corrected chi connectivity index (χ1v) is 10.7. The van der Waals surface area contributed by atoms with Crippen LogP contribution in [0.1, 0.15) is 32.4 Å². The molecular weight excluding hydrogens is 422 g/mol. The smallest absolute Gasteiger partial charge is 0.335 e. The van der Waals surface area contributed by atoms with Gasteiger partial charge in [0.2, 0.25) is 0 Å². The quantitative estimate of drug-likeness (QED) is 0.571. The molecule has 0 amide bonds. The van der Waals surface area contributed by atoms with Crippen molar-refractivity contribution in [3.05, 3.63) is 92.6 Å². The van der Waals surface area contributed by atoms with Gasteiger partial charge in [-0.1, -0.05) is 48.0 Å². The van der Waals surface area contributed by atoms with E-state index in [-0.39, 0.29) is 5.97 Å². The number of nitrogens with zero attached hydrogens (tertiary/aromatic N) is 1. The van der Waals surface area contributed by atoms with Gasteiger partial charge in [0, 0.05) is 23.0 Å². The van der Waals surface area contributed by atoms with E-state index in [2.05, 4.69) is 16.3 Å². The highest BCUT2D eigenvalue weighted by molar-refractivity contribution is 7.10. The van der Waals surface area contributed by atoms with Crippen LogP contribution in [0.5, 0.6) is 0 Å². The van der Waals surface area contributed by atoms with Crippen LogP contribution < -0.4 is 0 Å². The first-order valence-electron chi connectivity index (χ1n) is 9.41. The van der Waals surface area contributed by atoms with E-state index in [4.69, 9.17) is 21.4 Å². The lowest BCUT2D eigenvalue weighted by atomic mass is 10.0. The fraction of sp³-hybridized carbons (Fsp3) is 0.217. The number of halogens is 1. The summed E-state index contributed by atoms with van der Waals surface area (Å²) in [5, 5.41) is 11.1. The highest BCUT2D eigenvalue weighted by atomic mass is 35.5. The van der Waals surface area contributed by atoms with Crippen LogP contribution >= 0.6 is 22.9 Å². The number of carboxylic acid groups (broad SMARTS) is 1. The van der Waals surface area contributed by atoms with Gasteiger partial charge in [-0.2, -0.15) is 0 Å². The number of benzene rings is 2. The average Bonchev–Trinajstić information content (AvgIpc) is 3.24. The Balaban J connectivity index is 0.000000239. The number of thiophene rings is 1. The standard InChI is InChI=1S/C16H16ClNO2S.C7H6O2/c1-20-16(19)15(12-4-2-3-5-13(12)17)18-8-6-14-11(10-18)7-9-21-14;8-7(9)6-4-2-1-3-5-6/h2-5,7,9,15H,6,8,10H2,1H3;1-5H,(H,8,9). The molecular formula is C23H22ClNO4S. The van der Waals surface area contributed by atoms with Crippen LogP contribution in [-0.4, -0.2) is 35.6 Å². The van der Waals surface area contributed by atoms with Crippen LogP contribution in [0.25, 0.3) is 0 Å². The number of aromatic carboxylic acids is 1. The predicted molar refractivity (Wildman–Crippen MR) is 118 cm³/mol. The van der Waals surface area contributed by atoms with Crippen LogP contribution in [0, 0.1) is 0 Å². The fourth-order valence-electron chi connectivity index (χ4n) is 3.35. The van der Waals surface area contributed by atoms with E-state index in [0.717, 1.165) is 25.1 Å². The molecule has 156 valence electrons. The second-order valence-corrected chi connectivity index (χ2v) is 8.12.